The summed E-state index contributed by atoms with van der Waals surface area (Å²) < 4.78 is 15.2. The molecule has 0 fully saturated rings. The average molecular weight is 360 g/mol. The van der Waals surface area contributed by atoms with Crippen LogP contribution in [0.15, 0.2) is 77.6 Å². The van der Waals surface area contributed by atoms with Crippen molar-refractivity contribution < 1.29 is 9.50 Å². The van der Waals surface area contributed by atoms with Crippen LogP contribution < -0.4 is 5.56 Å². The van der Waals surface area contributed by atoms with Crippen LogP contribution in [0.25, 0.3) is 22.3 Å². The minimum absolute atomic E-state index is 0.0410. The van der Waals surface area contributed by atoms with Crippen LogP contribution in [0.1, 0.15) is 5.56 Å². The number of aromatic hydroxyl groups is 1. The number of aryl methyl sites for hydroxylation is 1. The van der Waals surface area contributed by atoms with Crippen molar-refractivity contribution in [2.24, 2.45) is 0 Å². The fourth-order valence-corrected chi connectivity index (χ4v) is 3.15. The van der Waals surface area contributed by atoms with Gasteiger partial charge < -0.3 is 5.11 Å². The van der Waals surface area contributed by atoms with Crippen molar-refractivity contribution in [2.75, 3.05) is 0 Å². The summed E-state index contributed by atoms with van der Waals surface area (Å²) in [6.45, 7) is 0.367. The summed E-state index contributed by atoms with van der Waals surface area (Å²) in [6, 6.07) is 20.5. The summed E-state index contributed by atoms with van der Waals surface area (Å²) in [5, 5.41) is 10.5. The Kier molecular flexibility index (Phi) is 4.42. The Bertz CT molecular complexity index is 1170. The fraction of sp³-hybridized carbons (Fsp3) is 0.0909. The Morgan fingerprint density at radius 3 is 2.48 bits per heavy atom. The SMILES string of the molecule is O=c1c2cc(F)ccc2nc(-c2ccccc2O)n1CCc1ccccc1. The topological polar surface area (TPSA) is 55.1 Å². The molecule has 0 aliphatic carbocycles. The molecule has 4 nitrogen and oxygen atoms in total. The van der Waals surface area contributed by atoms with Gasteiger partial charge in [0.2, 0.25) is 0 Å². The molecule has 4 aromatic rings. The predicted octanol–water partition coefficient (Wildman–Crippen LogP) is 4.15. The van der Waals surface area contributed by atoms with Crippen molar-refractivity contribution >= 4 is 10.9 Å². The first-order chi connectivity index (χ1) is 13.1. The first-order valence-electron chi connectivity index (χ1n) is 8.66. The molecule has 0 atom stereocenters. The highest BCUT2D eigenvalue weighted by Gasteiger charge is 2.16. The van der Waals surface area contributed by atoms with Crippen LogP contribution in [0.2, 0.25) is 0 Å². The normalized spacial score (nSPS) is 11.0. The largest absolute Gasteiger partial charge is 0.507 e. The Morgan fingerprint density at radius 2 is 1.70 bits per heavy atom. The third kappa shape index (κ3) is 3.31. The maximum atomic E-state index is 13.7. The van der Waals surface area contributed by atoms with Crippen molar-refractivity contribution in [1.29, 1.82) is 0 Å². The Hall–Kier alpha value is -3.47. The third-order valence-electron chi connectivity index (χ3n) is 4.53. The highest BCUT2D eigenvalue weighted by Crippen LogP contribution is 2.27. The number of aromatic nitrogens is 2. The highest BCUT2D eigenvalue weighted by atomic mass is 19.1. The van der Waals surface area contributed by atoms with Gasteiger partial charge in [-0.1, -0.05) is 42.5 Å². The van der Waals surface area contributed by atoms with Crippen molar-refractivity contribution in [2.45, 2.75) is 13.0 Å². The number of para-hydroxylation sites is 1. The standard InChI is InChI=1S/C22H17FN2O2/c23-16-10-11-19-18(14-16)22(27)25(13-12-15-6-2-1-3-7-15)21(24-19)17-8-4-5-9-20(17)26/h1-11,14,26H,12-13H2. The van der Waals surface area contributed by atoms with E-state index < -0.39 is 5.82 Å². The maximum absolute atomic E-state index is 13.7. The van der Waals surface area contributed by atoms with E-state index in [2.05, 4.69) is 4.98 Å². The summed E-state index contributed by atoms with van der Waals surface area (Å²) in [5.74, 6) is -0.0706. The molecule has 0 aliphatic heterocycles. The van der Waals surface area contributed by atoms with Gasteiger partial charge in [0.15, 0.2) is 0 Å². The second-order valence-corrected chi connectivity index (χ2v) is 6.31. The predicted molar refractivity (Wildman–Crippen MR) is 103 cm³/mol. The lowest BCUT2D eigenvalue weighted by atomic mass is 10.1. The van der Waals surface area contributed by atoms with E-state index in [0.717, 1.165) is 5.56 Å². The van der Waals surface area contributed by atoms with Gasteiger partial charge >= 0.3 is 0 Å². The average Bonchev–Trinajstić information content (AvgIpc) is 2.69. The molecule has 27 heavy (non-hydrogen) atoms. The monoisotopic (exact) mass is 360 g/mol. The number of hydrogen-bond acceptors (Lipinski definition) is 3. The molecule has 0 amide bonds. The number of nitrogens with zero attached hydrogens (tertiary/aromatic N) is 2. The van der Waals surface area contributed by atoms with Crippen LogP contribution in [-0.2, 0) is 13.0 Å². The number of hydrogen-bond donors (Lipinski definition) is 1. The molecule has 1 heterocycles. The van der Waals surface area contributed by atoms with Gasteiger partial charge in [0.05, 0.1) is 16.5 Å². The van der Waals surface area contributed by atoms with Crippen molar-refractivity contribution in [3.05, 3.63) is 94.5 Å². The molecule has 1 aromatic heterocycles. The van der Waals surface area contributed by atoms with E-state index in [1.165, 1.54) is 22.8 Å². The molecule has 0 saturated heterocycles. The summed E-state index contributed by atoms with van der Waals surface area (Å²) in [6.07, 6.45) is 0.615. The number of benzene rings is 3. The second kappa shape index (κ2) is 7.03. The van der Waals surface area contributed by atoms with Crippen LogP contribution in [-0.4, -0.2) is 14.7 Å². The Labute approximate surface area is 155 Å². The molecule has 0 radical (unpaired) electrons. The summed E-state index contributed by atoms with van der Waals surface area (Å²) in [5.41, 5.74) is 1.62. The van der Waals surface area contributed by atoms with E-state index in [-0.39, 0.29) is 16.7 Å². The molecule has 0 saturated carbocycles. The summed E-state index contributed by atoms with van der Waals surface area (Å²) >= 11 is 0. The van der Waals surface area contributed by atoms with Gasteiger partial charge in [-0.05, 0) is 42.3 Å². The van der Waals surface area contributed by atoms with Crippen LogP contribution in [0, 0.1) is 5.82 Å². The first-order valence-corrected chi connectivity index (χ1v) is 8.66. The van der Waals surface area contributed by atoms with Crippen LogP contribution in [0.3, 0.4) is 0 Å². The van der Waals surface area contributed by atoms with Gasteiger partial charge in [-0.3, -0.25) is 9.36 Å². The molecular weight excluding hydrogens is 343 g/mol. The van der Waals surface area contributed by atoms with Crippen molar-refractivity contribution in [1.82, 2.24) is 9.55 Å². The van der Waals surface area contributed by atoms with Crippen molar-refractivity contribution in [3.8, 4) is 17.1 Å². The number of rotatable bonds is 4. The van der Waals surface area contributed by atoms with E-state index in [0.29, 0.717) is 29.9 Å². The van der Waals surface area contributed by atoms with Gasteiger partial charge in [-0.25, -0.2) is 9.37 Å². The molecular formula is C22H17FN2O2. The van der Waals surface area contributed by atoms with Crippen LogP contribution in [0.4, 0.5) is 4.39 Å². The summed E-state index contributed by atoms with van der Waals surface area (Å²) in [4.78, 5) is 17.6. The molecule has 1 N–H and O–H groups in total. The minimum atomic E-state index is -0.480. The Balaban J connectivity index is 1.90. The highest BCUT2D eigenvalue weighted by molar-refractivity contribution is 5.80. The zero-order valence-corrected chi connectivity index (χ0v) is 14.5. The van der Waals surface area contributed by atoms with Gasteiger partial charge in [-0.15, -0.1) is 0 Å². The zero-order valence-electron chi connectivity index (χ0n) is 14.5. The van der Waals surface area contributed by atoms with Gasteiger partial charge in [0.25, 0.3) is 5.56 Å². The molecule has 0 unspecified atom stereocenters. The lowest BCUT2D eigenvalue weighted by molar-refractivity contribution is 0.476. The van der Waals surface area contributed by atoms with E-state index >= 15 is 0 Å². The van der Waals surface area contributed by atoms with Gasteiger partial charge in [0, 0.05) is 6.54 Å². The number of halogens is 1. The number of phenolic OH excluding ortho intramolecular Hbond substituents is 1. The van der Waals surface area contributed by atoms with E-state index in [9.17, 15) is 14.3 Å². The lowest BCUT2D eigenvalue weighted by Gasteiger charge is -2.15. The van der Waals surface area contributed by atoms with Crippen LogP contribution >= 0.6 is 0 Å². The second-order valence-electron chi connectivity index (χ2n) is 6.31. The summed E-state index contributed by atoms with van der Waals surface area (Å²) in [7, 11) is 0. The molecule has 0 spiro atoms. The molecule has 5 heteroatoms. The third-order valence-corrected chi connectivity index (χ3v) is 4.53. The van der Waals surface area contributed by atoms with Gasteiger partial charge in [0.1, 0.15) is 17.4 Å². The van der Waals surface area contributed by atoms with E-state index in [1.807, 2.05) is 30.3 Å². The molecule has 134 valence electrons. The lowest BCUT2D eigenvalue weighted by Crippen LogP contribution is -2.24. The van der Waals surface area contributed by atoms with E-state index in [4.69, 9.17) is 0 Å². The molecule has 4 rings (SSSR count). The van der Waals surface area contributed by atoms with Crippen molar-refractivity contribution in [3.63, 3.8) is 0 Å². The molecule has 0 bridgehead atoms. The quantitative estimate of drug-likeness (QED) is 0.595. The number of phenols is 1. The zero-order chi connectivity index (χ0) is 18.8. The first kappa shape index (κ1) is 17.0. The molecule has 0 aliphatic rings. The van der Waals surface area contributed by atoms with Gasteiger partial charge in [-0.2, -0.15) is 0 Å². The maximum Gasteiger partial charge on any atom is 0.261 e. The Morgan fingerprint density at radius 1 is 0.963 bits per heavy atom. The minimum Gasteiger partial charge on any atom is -0.507 e. The smallest absolute Gasteiger partial charge is 0.261 e. The van der Waals surface area contributed by atoms with Crippen LogP contribution in [0.5, 0.6) is 5.75 Å². The van der Waals surface area contributed by atoms with E-state index in [1.54, 1.807) is 24.3 Å². The fourth-order valence-electron chi connectivity index (χ4n) is 3.15. The molecule has 3 aromatic carbocycles. The number of fused-ring (bicyclic) bond motifs is 1.